The Balaban J connectivity index is 2.10. The molecule has 1 aromatic carbocycles. The highest BCUT2D eigenvalue weighted by atomic mass is 35.5. The van der Waals surface area contributed by atoms with Gasteiger partial charge in [0.05, 0.1) is 12.0 Å². The van der Waals surface area contributed by atoms with Crippen molar-refractivity contribution < 1.29 is 4.74 Å². The van der Waals surface area contributed by atoms with Crippen LogP contribution in [0.4, 0.5) is 0 Å². The van der Waals surface area contributed by atoms with Crippen molar-refractivity contribution >= 4 is 11.6 Å². The molecule has 21 heavy (non-hydrogen) atoms. The summed E-state index contributed by atoms with van der Waals surface area (Å²) in [6.45, 7) is 2.42. The zero-order valence-corrected chi connectivity index (χ0v) is 12.4. The van der Waals surface area contributed by atoms with Crippen LogP contribution in [0.2, 0.25) is 5.02 Å². The largest absolute Gasteiger partial charge is 0.483 e. The Hall–Kier alpha value is -2.25. The maximum absolute atomic E-state index is 12.2. The lowest BCUT2D eigenvalue weighted by Crippen LogP contribution is -2.23. The number of rotatable bonds is 5. The fourth-order valence-electron chi connectivity index (χ4n) is 1.85. The monoisotopic (exact) mass is 302 g/mol. The van der Waals surface area contributed by atoms with Crippen LogP contribution in [0, 0.1) is 17.2 Å². The van der Waals surface area contributed by atoms with Crippen molar-refractivity contribution in [1.82, 2.24) is 4.57 Å². The van der Waals surface area contributed by atoms with E-state index in [-0.39, 0.29) is 17.2 Å². The zero-order valence-electron chi connectivity index (χ0n) is 11.6. The van der Waals surface area contributed by atoms with Gasteiger partial charge in [-0.1, -0.05) is 23.7 Å². The van der Waals surface area contributed by atoms with Gasteiger partial charge in [0.15, 0.2) is 5.75 Å². The summed E-state index contributed by atoms with van der Waals surface area (Å²) in [5.41, 5.74) is 0.702. The molecule has 0 bridgehead atoms. The van der Waals surface area contributed by atoms with Crippen LogP contribution in [-0.4, -0.2) is 4.57 Å². The molecule has 0 radical (unpaired) electrons. The van der Waals surface area contributed by atoms with Crippen LogP contribution in [0.3, 0.4) is 0 Å². The minimum absolute atomic E-state index is 0.228. The van der Waals surface area contributed by atoms with Crippen LogP contribution in [-0.2, 0) is 13.2 Å². The maximum atomic E-state index is 12.2. The van der Waals surface area contributed by atoms with Crippen molar-refractivity contribution in [3.8, 4) is 11.8 Å². The van der Waals surface area contributed by atoms with Crippen molar-refractivity contribution in [3.63, 3.8) is 0 Å². The van der Waals surface area contributed by atoms with Crippen LogP contribution in [0.15, 0.2) is 47.4 Å². The summed E-state index contributed by atoms with van der Waals surface area (Å²) in [7, 11) is 0. The van der Waals surface area contributed by atoms with E-state index in [1.54, 1.807) is 37.4 Å². The number of ether oxygens (including phenoxy) is 1. The van der Waals surface area contributed by atoms with E-state index in [9.17, 15) is 4.79 Å². The van der Waals surface area contributed by atoms with Gasteiger partial charge in [0.25, 0.3) is 5.56 Å². The molecule has 1 aromatic heterocycles. The molecule has 1 atom stereocenters. The molecule has 2 rings (SSSR count). The number of nitrogens with zero attached hydrogens (tertiary/aromatic N) is 2. The number of pyridine rings is 1. The Kier molecular flexibility index (Phi) is 5.02. The van der Waals surface area contributed by atoms with Crippen LogP contribution >= 0.6 is 11.6 Å². The smallest absolute Gasteiger partial charge is 0.292 e. The number of nitriles is 1. The number of hydrogen-bond donors (Lipinski definition) is 0. The summed E-state index contributed by atoms with van der Waals surface area (Å²) in [6, 6.07) is 12.7. The zero-order chi connectivity index (χ0) is 15.2. The van der Waals surface area contributed by atoms with Crippen molar-refractivity contribution in [1.29, 1.82) is 5.26 Å². The molecule has 5 heteroatoms. The molecule has 0 amide bonds. The number of halogens is 1. The number of aromatic nitrogens is 1. The fourth-order valence-corrected chi connectivity index (χ4v) is 1.97. The Morgan fingerprint density at radius 2 is 2.05 bits per heavy atom. The Morgan fingerprint density at radius 3 is 2.71 bits per heavy atom. The molecule has 0 N–H and O–H groups in total. The molecule has 0 aliphatic carbocycles. The van der Waals surface area contributed by atoms with Gasteiger partial charge in [-0.2, -0.15) is 5.26 Å². The minimum atomic E-state index is -0.228. The van der Waals surface area contributed by atoms with Gasteiger partial charge in [-0.05, 0) is 36.8 Å². The highest BCUT2D eigenvalue weighted by Crippen LogP contribution is 2.12. The highest BCUT2D eigenvalue weighted by molar-refractivity contribution is 6.30. The predicted molar refractivity (Wildman–Crippen MR) is 81.3 cm³/mol. The predicted octanol–water partition coefficient (Wildman–Crippen LogP) is 3.24. The average Bonchev–Trinajstić information content (AvgIpc) is 2.49. The lowest BCUT2D eigenvalue weighted by atomic mass is 10.2. The van der Waals surface area contributed by atoms with E-state index in [0.717, 1.165) is 5.56 Å². The van der Waals surface area contributed by atoms with Gasteiger partial charge < -0.3 is 9.30 Å². The van der Waals surface area contributed by atoms with E-state index in [1.165, 1.54) is 4.57 Å². The lowest BCUT2D eigenvalue weighted by molar-refractivity contribution is 0.298. The summed E-state index contributed by atoms with van der Waals surface area (Å²) in [5, 5.41) is 9.48. The molecule has 108 valence electrons. The van der Waals surface area contributed by atoms with E-state index in [0.29, 0.717) is 18.2 Å². The number of hydrogen-bond acceptors (Lipinski definition) is 3. The van der Waals surface area contributed by atoms with Crippen LogP contribution in [0.1, 0.15) is 12.5 Å². The van der Waals surface area contributed by atoms with Crippen molar-refractivity contribution in [2.24, 2.45) is 5.92 Å². The second-order valence-electron chi connectivity index (χ2n) is 4.78. The lowest BCUT2D eigenvalue weighted by Gasteiger charge is -2.10. The Labute approximate surface area is 128 Å². The third-order valence-electron chi connectivity index (χ3n) is 2.98. The van der Waals surface area contributed by atoms with Crippen LogP contribution < -0.4 is 10.3 Å². The summed E-state index contributed by atoms with van der Waals surface area (Å²) >= 11 is 5.82. The number of benzene rings is 1. The molecule has 0 saturated heterocycles. The molecule has 0 saturated carbocycles. The van der Waals surface area contributed by atoms with Crippen molar-refractivity contribution in [3.05, 3.63) is 63.5 Å². The second-order valence-corrected chi connectivity index (χ2v) is 5.21. The fraction of sp³-hybridized carbons (Fsp3) is 0.250. The summed E-state index contributed by atoms with van der Waals surface area (Å²) in [6.07, 6.45) is 1.66. The molecular weight excluding hydrogens is 288 g/mol. The van der Waals surface area contributed by atoms with Gasteiger partial charge in [0.1, 0.15) is 6.61 Å². The minimum Gasteiger partial charge on any atom is -0.483 e. The normalized spacial score (nSPS) is 11.7. The second kappa shape index (κ2) is 6.96. The summed E-state index contributed by atoms with van der Waals surface area (Å²) in [4.78, 5) is 12.2. The standard InChI is InChI=1S/C16H15ClN2O2/c1-12(9-18)10-19-8-2-3-15(16(19)20)21-11-13-4-6-14(17)7-5-13/h2-8,12H,10-11H2,1H3. The quantitative estimate of drug-likeness (QED) is 0.852. The summed E-state index contributed by atoms with van der Waals surface area (Å²) < 4.78 is 7.05. The molecule has 1 unspecified atom stereocenters. The molecule has 1 heterocycles. The Bertz CT molecular complexity index is 701. The first-order chi connectivity index (χ1) is 10.1. The molecule has 2 aromatic rings. The van der Waals surface area contributed by atoms with Gasteiger partial charge in [-0.25, -0.2) is 0 Å². The molecular formula is C16H15ClN2O2. The topological polar surface area (TPSA) is 55.0 Å². The highest BCUT2D eigenvalue weighted by Gasteiger charge is 2.07. The van der Waals surface area contributed by atoms with Crippen molar-refractivity contribution in [2.75, 3.05) is 0 Å². The first kappa shape index (κ1) is 15.1. The van der Waals surface area contributed by atoms with E-state index in [4.69, 9.17) is 21.6 Å². The summed E-state index contributed by atoms with van der Waals surface area (Å²) in [5.74, 6) is 0.0480. The van der Waals surface area contributed by atoms with E-state index in [1.807, 2.05) is 12.1 Å². The molecule has 0 spiro atoms. The SMILES string of the molecule is CC(C#N)Cn1cccc(OCc2ccc(Cl)cc2)c1=O. The van der Waals surface area contributed by atoms with Gasteiger partial charge >= 0.3 is 0 Å². The van der Waals surface area contributed by atoms with Gasteiger partial charge in [-0.15, -0.1) is 0 Å². The Morgan fingerprint density at radius 1 is 1.33 bits per heavy atom. The molecule has 0 aliphatic heterocycles. The third kappa shape index (κ3) is 4.11. The molecule has 0 aliphatic rings. The molecule has 0 fully saturated rings. The first-order valence-electron chi connectivity index (χ1n) is 6.56. The van der Waals surface area contributed by atoms with E-state index >= 15 is 0 Å². The van der Waals surface area contributed by atoms with Gasteiger partial charge in [0.2, 0.25) is 0 Å². The van der Waals surface area contributed by atoms with Gasteiger partial charge in [-0.3, -0.25) is 4.79 Å². The average molecular weight is 303 g/mol. The van der Waals surface area contributed by atoms with Crippen molar-refractivity contribution in [2.45, 2.75) is 20.1 Å². The van der Waals surface area contributed by atoms with E-state index in [2.05, 4.69) is 6.07 Å². The van der Waals surface area contributed by atoms with Crippen LogP contribution in [0.25, 0.3) is 0 Å². The molecule has 4 nitrogen and oxygen atoms in total. The van der Waals surface area contributed by atoms with E-state index < -0.39 is 0 Å². The third-order valence-corrected chi connectivity index (χ3v) is 3.24. The first-order valence-corrected chi connectivity index (χ1v) is 6.94. The van der Waals surface area contributed by atoms with Crippen LogP contribution in [0.5, 0.6) is 5.75 Å². The maximum Gasteiger partial charge on any atom is 0.292 e. The van der Waals surface area contributed by atoms with Gasteiger partial charge in [0, 0.05) is 17.8 Å².